The predicted octanol–water partition coefficient (Wildman–Crippen LogP) is 2.00. The largest absolute Gasteiger partial charge is 0.485 e. The van der Waals surface area contributed by atoms with E-state index in [4.69, 9.17) is 14.4 Å². The average molecular weight is 347 g/mol. The summed E-state index contributed by atoms with van der Waals surface area (Å²) >= 11 is 0. The van der Waals surface area contributed by atoms with Gasteiger partial charge in [-0.05, 0) is 24.3 Å². The number of aryl methyl sites for hydroxylation is 1. The van der Waals surface area contributed by atoms with E-state index >= 15 is 0 Å². The molecule has 0 fully saturated rings. The highest BCUT2D eigenvalue weighted by atomic mass is 16.5. The van der Waals surface area contributed by atoms with Crippen LogP contribution in [0.15, 0.2) is 28.8 Å². The van der Waals surface area contributed by atoms with Crippen molar-refractivity contribution in [2.24, 2.45) is 5.92 Å². The standard InChI is InChI=1S/C17H21N3O5/c1-4-15-18-14(19-25-15)10-24-13-7-5-12(6-8-13)16(21)20(3)9-11(2)17(22)23/h5-8,11H,4,9-10H2,1-3H3,(H,22,23). The molecular formula is C17H21N3O5. The Morgan fingerprint density at radius 2 is 2.00 bits per heavy atom. The Morgan fingerprint density at radius 1 is 1.32 bits per heavy atom. The number of rotatable bonds is 8. The molecule has 25 heavy (non-hydrogen) atoms. The zero-order chi connectivity index (χ0) is 18.4. The third kappa shape index (κ3) is 5.03. The maximum atomic E-state index is 12.3. The summed E-state index contributed by atoms with van der Waals surface area (Å²) in [5.74, 6) is -0.223. The summed E-state index contributed by atoms with van der Waals surface area (Å²) in [5.41, 5.74) is 0.459. The number of hydrogen-bond donors (Lipinski definition) is 1. The quantitative estimate of drug-likeness (QED) is 0.778. The van der Waals surface area contributed by atoms with Gasteiger partial charge in [0.1, 0.15) is 5.75 Å². The lowest BCUT2D eigenvalue weighted by atomic mass is 10.1. The fourth-order valence-corrected chi connectivity index (χ4v) is 2.13. The Bertz CT molecular complexity index is 726. The summed E-state index contributed by atoms with van der Waals surface area (Å²) in [7, 11) is 1.58. The van der Waals surface area contributed by atoms with Crippen molar-refractivity contribution in [1.29, 1.82) is 0 Å². The van der Waals surface area contributed by atoms with Crippen molar-refractivity contribution in [3.8, 4) is 5.75 Å². The van der Waals surface area contributed by atoms with Gasteiger partial charge in [-0.3, -0.25) is 9.59 Å². The van der Waals surface area contributed by atoms with Gasteiger partial charge in [0.15, 0.2) is 6.61 Å². The van der Waals surface area contributed by atoms with E-state index in [9.17, 15) is 9.59 Å². The van der Waals surface area contributed by atoms with Crippen LogP contribution < -0.4 is 4.74 Å². The minimum Gasteiger partial charge on any atom is -0.485 e. The molecule has 1 aromatic heterocycles. The van der Waals surface area contributed by atoms with Crippen molar-refractivity contribution in [1.82, 2.24) is 15.0 Å². The molecule has 1 heterocycles. The third-order valence-corrected chi connectivity index (χ3v) is 3.60. The smallest absolute Gasteiger partial charge is 0.308 e. The Balaban J connectivity index is 1.92. The van der Waals surface area contributed by atoms with Crippen molar-refractivity contribution in [2.45, 2.75) is 26.9 Å². The fourth-order valence-electron chi connectivity index (χ4n) is 2.13. The summed E-state index contributed by atoms with van der Waals surface area (Å²) < 4.78 is 10.5. The molecule has 1 N–H and O–H groups in total. The normalized spacial score (nSPS) is 11.8. The van der Waals surface area contributed by atoms with E-state index in [0.717, 1.165) is 0 Å². The van der Waals surface area contributed by atoms with Crippen LogP contribution in [0.3, 0.4) is 0 Å². The lowest BCUT2D eigenvalue weighted by Gasteiger charge is -2.19. The molecule has 2 aromatic rings. The molecule has 1 aromatic carbocycles. The van der Waals surface area contributed by atoms with Gasteiger partial charge in [0.25, 0.3) is 5.91 Å². The zero-order valence-electron chi connectivity index (χ0n) is 14.4. The Hall–Kier alpha value is -2.90. The van der Waals surface area contributed by atoms with E-state index in [1.165, 1.54) is 4.90 Å². The second-order valence-corrected chi connectivity index (χ2v) is 5.70. The molecule has 2 rings (SSSR count). The summed E-state index contributed by atoms with van der Waals surface area (Å²) in [5, 5.41) is 12.7. The van der Waals surface area contributed by atoms with E-state index in [0.29, 0.717) is 29.4 Å². The maximum Gasteiger partial charge on any atom is 0.308 e. The molecule has 1 atom stereocenters. The van der Waals surface area contributed by atoms with Gasteiger partial charge in [-0.25, -0.2) is 0 Å². The molecule has 1 amide bonds. The number of ether oxygens (including phenoxy) is 1. The third-order valence-electron chi connectivity index (χ3n) is 3.60. The zero-order valence-corrected chi connectivity index (χ0v) is 14.4. The number of carbonyl (C=O) groups excluding carboxylic acids is 1. The molecule has 0 saturated carbocycles. The van der Waals surface area contributed by atoms with Crippen LogP contribution in [-0.2, 0) is 17.8 Å². The Kier molecular flexibility index (Phi) is 6.10. The van der Waals surface area contributed by atoms with Crippen LogP contribution in [0.1, 0.15) is 35.9 Å². The average Bonchev–Trinajstić information content (AvgIpc) is 3.07. The molecule has 8 nitrogen and oxygen atoms in total. The van der Waals surface area contributed by atoms with Crippen LogP contribution in [0.4, 0.5) is 0 Å². The SMILES string of the molecule is CCc1nc(COc2ccc(C(=O)N(C)CC(C)C(=O)O)cc2)no1. The van der Waals surface area contributed by atoms with E-state index in [-0.39, 0.29) is 19.1 Å². The highest BCUT2D eigenvalue weighted by Crippen LogP contribution is 2.15. The number of benzene rings is 1. The highest BCUT2D eigenvalue weighted by molar-refractivity contribution is 5.94. The first-order valence-corrected chi connectivity index (χ1v) is 7.93. The van der Waals surface area contributed by atoms with Gasteiger partial charge in [-0.15, -0.1) is 0 Å². The van der Waals surface area contributed by atoms with Crippen LogP contribution >= 0.6 is 0 Å². The number of amides is 1. The van der Waals surface area contributed by atoms with Crippen LogP contribution in [0, 0.1) is 5.92 Å². The van der Waals surface area contributed by atoms with E-state index in [2.05, 4.69) is 10.1 Å². The first-order chi connectivity index (χ1) is 11.9. The van der Waals surface area contributed by atoms with Crippen molar-refractivity contribution >= 4 is 11.9 Å². The Labute approximate surface area is 145 Å². The topological polar surface area (TPSA) is 106 Å². The van der Waals surface area contributed by atoms with Gasteiger partial charge in [0.2, 0.25) is 11.7 Å². The van der Waals surface area contributed by atoms with Crippen molar-refractivity contribution in [3.05, 3.63) is 41.5 Å². The second-order valence-electron chi connectivity index (χ2n) is 5.70. The maximum absolute atomic E-state index is 12.3. The number of aromatic nitrogens is 2. The van der Waals surface area contributed by atoms with Crippen molar-refractivity contribution < 1.29 is 24.0 Å². The first kappa shape index (κ1) is 18.4. The highest BCUT2D eigenvalue weighted by Gasteiger charge is 2.18. The summed E-state index contributed by atoms with van der Waals surface area (Å²) in [6, 6.07) is 6.60. The van der Waals surface area contributed by atoms with E-state index in [1.807, 2.05) is 6.92 Å². The van der Waals surface area contributed by atoms with E-state index in [1.54, 1.807) is 38.2 Å². The van der Waals surface area contributed by atoms with Gasteiger partial charge in [-0.1, -0.05) is 19.0 Å². The second kappa shape index (κ2) is 8.27. The van der Waals surface area contributed by atoms with Crippen LogP contribution in [0.25, 0.3) is 0 Å². The minimum absolute atomic E-state index is 0.143. The van der Waals surface area contributed by atoms with Crippen molar-refractivity contribution in [2.75, 3.05) is 13.6 Å². The molecule has 0 aliphatic rings. The lowest BCUT2D eigenvalue weighted by Crippen LogP contribution is -2.33. The summed E-state index contributed by atoms with van der Waals surface area (Å²) in [4.78, 5) is 28.7. The van der Waals surface area contributed by atoms with Gasteiger partial charge >= 0.3 is 5.97 Å². The molecule has 1 unspecified atom stereocenters. The molecule has 8 heteroatoms. The fraction of sp³-hybridized carbons (Fsp3) is 0.412. The number of hydrogen-bond acceptors (Lipinski definition) is 6. The van der Waals surface area contributed by atoms with Gasteiger partial charge in [0, 0.05) is 25.6 Å². The van der Waals surface area contributed by atoms with Gasteiger partial charge in [-0.2, -0.15) is 4.98 Å². The molecule has 0 saturated heterocycles. The number of carboxylic acids is 1. The number of nitrogens with zero attached hydrogens (tertiary/aromatic N) is 3. The molecule has 134 valence electrons. The predicted molar refractivity (Wildman–Crippen MR) is 88.2 cm³/mol. The lowest BCUT2D eigenvalue weighted by molar-refractivity contribution is -0.141. The van der Waals surface area contributed by atoms with Gasteiger partial charge in [0.05, 0.1) is 5.92 Å². The van der Waals surface area contributed by atoms with Gasteiger partial charge < -0.3 is 19.3 Å². The molecule has 0 aliphatic carbocycles. The Morgan fingerprint density at radius 3 is 2.56 bits per heavy atom. The summed E-state index contributed by atoms with van der Waals surface area (Å²) in [6.45, 7) is 3.80. The van der Waals surface area contributed by atoms with Crippen molar-refractivity contribution in [3.63, 3.8) is 0 Å². The first-order valence-electron chi connectivity index (χ1n) is 7.93. The van der Waals surface area contributed by atoms with E-state index < -0.39 is 11.9 Å². The number of aliphatic carboxylic acids is 1. The minimum atomic E-state index is -0.934. The van der Waals surface area contributed by atoms with Crippen LogP contribution in [0.2, 0.25) is 0 Å². The number of carbonyl (C=O) groups is 2. The van der Waals surface area contributed by atoms with Crippen LogP contribution in [0.5, 0.6) is 5.75 Å². The van der Waals surface area contributed by atoms with Crippen LogP contribution in [-0.4, -0.2) is 45.6 Å². The molecule has 0 bridgehead atoms. The molecule has 0 aliphatic heterocycles. The molecular weight excluding hydrogens is 326 g/mol. The number of carboxylic acid groups (broad SMARTS) is 1. The molecule has 0 radical (unpaired) electrons. The monoisotopic (exact) mass is 347 g/mol. The summed E-state index contributed by atoms with van der Waals surface area (Å²) in [6.07, 6.45) is 0.665. The molecule has 0 spiro atoms.